The molecule has 0 radical (unpaired) electrons. The first-order valence-corrected chi connectivity index (χ1v) is 6.81. The highest BCUT2D eigenvalue weighted by molar-refractivity contribution is 7.98. The second-order valence-corrected chi connectivity index (χ2v) is 5.49. The molecular weight excluding hydrogens is 273 g/mol. The molecule has 2 N–H and O–H groups in total. The van der Waals surface area contributed by atoms with Crippen LogP contribution in [0.2, 0.25) is 10.0 Å². The number of benzene rings is 2. The average Bonchev–Trinajstić information content (AvgIpc) is 2.33. The molecule has 0 aliphatic carbocycles. The Morgan fingerprint density at radius 1 is 1.00 bits per heavy atom. The number of nitrogens with two attached hydrogens (primary N) is 1. The first-order chi connectivity index (χ1) is 8.15. The van der Waals surface area contributed by atoms with Crippen molar-refractivity contribution < 1.29 is 0 Å². The van der Waals surface area contributed by atoms with Gasteiger partial charge in [-0.05, 0) is 42.0 Å². The van der Waals surface area contributed by atoms with Crippen LogP contribution in [0.1, 0.15) is 5.56 Å². The number of hydrogen-bond donors (Lipinski definition) is 1. The number of nitrogen functional groups attached to an aromatic ring is 1. The maximum Gasteiger partial charge on any atom is 0.0635 e. The number of thioether (sulfide) groups is 1. The van der Waals surface area contributed by atoms with E-state index in [1.807, 2.05) is 42.5 Å². The highest BCUT2D eigenvalue weighted by Gasteiger charge is 2.00. The van der Waals surface area contributed by atoms with Crippen molar-refractivity contribution in [1.29, 1.82) is 0 Å². The molecule has 0 saturated carbocycles. The Labute approximate surface area is 115 Å². The zero-order valence-electron chi connectivity index (χ0n) is 8.99. The summed E-state index contributed by atoms with van der Waals surface area (Å²) in [5.74, 6) is 0.864. The van der Waals surface area contributed by atoms with Crippen LogP contribution in [0.25, 0.3) is 0 Å². The van der Waals surface area contributed by atoms with Crippen LogP contribution in [0.15, 0.2) is 47.4 Å². The van der Waals surface area contributed by atoms with E-state index >= 15 is 0 Å². The molecule has 0 aliphatic rings. The molecule has 0 aromatic heterocycles. The van der Waals surface area contributed by atoms with Gasteiger partial charge in [-0.3, -0.25) is 0 Å². The van der Waals surface area contributed by atoms with Crippen molar-refractivity contribution in [3.05, 3.63) is 58.1 Å². The van der Waals surface area contributed by atoms with E-state index in [-0.39, 0.29) is 0 Å². The Kier molecular flexibility index (Phi) is 4.21. The molecule has 1 nitrogen and oxygen atoms in total. The molecule has 0 bridgehead atoms. The predicted molar refractivity (Wildman–Crippen MR) is 76.9 cm³/mol. The second kappa shape index (κ2) is 5.67. The van der Waals surface area contributed by atoms with Gasteiger partial charge in [-0.2, -0.15) is 0 Å². The van der Waals surface area contributed by atoms with Gasteiger partial charge in [0.25, 0.3) is 0 Å². The van der Waals surface area contributed by atoms with Crippen molar-refractivity contribution in [2.45, 2.75) is 10.6 Å². The van der Waals surface area contributed by atoms with Crippen LogP contribution >= 0.6 is 35.0 Å². The van der Waals surface area contributed by atoms with E-state index in [1.165, 1.54) is 4.90 Å². The molecule has 0 saturated heterocycles. The molecule has 0 amide bonds. The Bertz CT molecular complexity index is 511. The van der Waals surface area contributed by atoms with Gasteiger partial charge in [-0.25, -0.2) is 0 Å². The van der Waals surface area contributed by atoms with Crippen molar-refractivity contribution in [1.82, 2.24) is 0 Å². The maximum absolute atomic E-state index is 5.87. The first-order valence-electron chi connectivity index (χ1n) is 5.07. The van der Waals surface area contributed by atoms with Crippen molar-refractivity contribution in [3.8, 4) is 0 Å². The van der Waals surface area contributed by atoms with Gasteiger partial charge >= 0.3 is 0 Å². The van der Waals surface area contributed by atoms with Crippen LogP contribution in [-0.4, -0.2) is 0 Å². The Balaban J connectivity index is 2.02. The lowest BCUT2D eigenvalue weighted by Crippen LogP contribution is -1.88. The van der Waals surface area contributed by atoms with Gasteiger partial charge in [0.15, 0.2) is 0 Å². The molecule has 88 valence electrons. The molecule has 0 heterocycles. The molecule has 2 aromatic carbocycles. The van der Waals surface area contributed by atoms with E-state index in [1.54, 1.807) is 11.8 Å². The third-order valence-corrected chi connectivity index (χ3v) is 3.96. The zero-order chi connectivity index (χ0) is 12.3. The predicted octanol–water partition coefficient (Wildman–Crippen LogP) is 4.87. The van der Waals surface area contributed by atoms with Crippen molar-refractivity contribution >= 4 is 40.7 Å². The number of hydrogen-bond acceptors (Lipinski definition) is 2. The third-order valence-electron chi connectivity index (χ3n) is 2.28. The lowest BCUT2D eigenvalue weighted by atomic mass is 10.2. The summed E-state index contributed by atoms with van der Waals surface area (Å²) in [6.45, 7) is 0. The summed E-state index contributed by atoms with van der Waals surface area (Å²) in [6, 6.07) is 13.5. The topological polar surface area (TPSA) is 26.0 Å². The minimum absolute atomic E-state index is 0.602. The summed E-state index contributed by atoms with van der Waals surface area (Å²) in [7, 11) is 0. The van der Waals surface area contributed by atoms with Gasteiger partial charge in [-0.1, -0.05) is 29.3 Å². The monoisotopic (exact) mass is 283 g/mol. The Hall–Kier alpha value is -0.830. The number of anilines is 1. The van der Waals surface area contributed by atoms with Gasteiger partial charge in [0, 0.05) is 15.7 Å². The summed E-state index contributed by atoms with van der Waals surface area (Å²) in [4.78, 5) is 1.18. The molecule has 0 atom stereocenters. The smallest absolute Gasteiger partial charge is 0.0635 e. The van der Waals surface area contributed by atoms with Crippen molar-refractivity contribution in [3.63, 3.8) is 0 Å². The third kappa shape index (κ3) is 3.56. The summed E-state index contributed by atoms with van der Waals surface area (Å²) < 4.78 is 0. The van der Waals surface area contributed by atoms with Crippen LogP contribution in [-0.2, 0) is 5.75 Å². The number of halogens is 2. The fraction of sp³-hybridized carbons (Fsp3) is 0.0769. The molecule has 2 aromatic rings. The van der Waals surface area contributed by atoms with Crippen LogP contribution in [0.4, 0.5) is 5.69 Å². The van der Waals surface area contributed by atoms with E-state index in [2.05, 4.69) is 0 Å². The molecule has 0 aliphatic heterocycles. The van der Waals surface area contributed by atoms with Gasteiger partial charge in [0.2, 0.25) is 0 Å². The molecule has 4 heteroatoms. The van der Waals surface area contributed by atoms with Crippen molar-refractivity contribution in [2.75, 3.05) is 5.73 Å². The SMILES string of the molecule is Nc1cc(CSc2ccc(Cl)cc2)ccc1Cl. The van der Waals surface area contributed by atoms with Gasteiger partial charge < -0.3 is 5.73 Å². The summed E-state index contributed by atoms with van der Waals surface area (Å²) in [5.41, 5.74) is 7.54. The van der Waals surface area contributed by atoms with E-state index < -0.39 is 0 Å². The molecule has 17 heavy (non-hydrogen) atoms. The quantitative estimate of drug-likeness (QED) is 0.643. The summed E-state index contributed by atoms with van der Waals surface area (Å²) >= 11 is 13.4. The van der Waals surface area contributed by atoms with E-state index in [9.17, 15) is 0 Å². The fourth-order valence-electron chi connectivity index (χ4n) is 1.38. The Morgan fingerprint density at radius 2 is 1.71 bits per heavy atom. The minimum atomic E-state index is 0.602. The summed E-state index contributed by atoms with van der Waals surface area (Å²) in [6.07, 6.45) is 0. The van der Waals surface area contributed by atoms with E-state index in [0.29, 0.717) is 10.7 Å². The van der Waals surface area contributed by atoms with Gasteiger partial charge in [0.1, 0.15) is 0 Å². The first kappa shape index (κ1) is 12.6. The van der Waals surface area contributed by atoms with Crippen LogP contribution in [0, 0.1) is 0 Å². The standard InChI is InChI=1S/C13H11Cl2NS/c14-10-2-4-11(5-3-10)17-8-9-1-6-12(15)13(16)7-9/h1-7H,8,16H2. The zero-order valence-corrected chi connectivity index (χ0v) is 11.3. The highest BCUT2D eigenvalue weighted by atomic mass is 35.5. The van der Waals surface area contributed by atoms with Crippen LogP contribution in [0.5, 0.6) is 0 Å². The van der Waals surface area contributed by atoms with Crippen LogP contribution in [0.3, 0.4) is 0 Å². The van der Waals surface area contributed by atoms with Gasteiger partial charge in [0.05, 0.1) is 10.7 Å². The van der Waals surface area contributed by atoms with Crippen molar-refractivity contribution in [2.24, 2.45) is 0 Å². The van der Waals surface area contributed by atoms with E-state index in [0.717, 1.165) is 16.3 Å². The van der Waals surface area contributed by atoms with Gasteiger partial charge in [-0.15, -0.1) is 11.8 Å². The summed E-state index contributed by atoms with van der Waals surface area (Å²) in [5, 5.41) is 1.36. The number of rotatable bonds is 3. The maximum atomic E-state index is 5.87. The normalized spacial score (nSPS) is 10.5. The highest BCUT2D eigenvalue weighted by Crippen LogP contribution is 2.27. The lowest BCUT2D eigenvalue weighted by Gasteiger charge is -2.04. The average molecular weight is 284 g/mol. The molecule has 0 spiro atoms. The van der Waals surface area contributed by atoms with E-state index in [4.69, 9.17) is 28.9 Å². The minimum Gasteiger partial charge on any atom is -0.398 e. The lowest BCUT2D eigenvalue weighted by molar-refractivity contribution is 1.38. The molecule has 0 unspecified atom stereocenters. The molecule has 2 rings (SSSR count). The largest absolute Gasteiger partial charge is 0.398 e. The fourth-order valence-corrected chi connectivity index (χ4v) is 2.47. The molecular formula is C13H11Cl2NS. The van der Waals surface area contributed by atoms with Crippen LogP contribution < -0.4 is 5.73 Å². The second-order valence-electron chi connectivity index (χ2n) is 3.60. The Morgan fingerprint density at radius 3 is 2.35 bits per heavy atom. The molecule has 0 fully saturated rings.